The van der Waals surface area contributed by atoms with Crippen LogP contribution in [0.25, 0.3) is 0 Å². The Hall–Kier alpha value is 0.819. The van der Waals surface area contributed by atoms with Crippen LogP contribution in [0.15, 0.2) is 24.5 Å². The summed E-state index contributed by atoms with van der Waals surface area (Å²) in [5.74, 6) is 0. The molecule has 0 N–H and O–H groups in total. The maximum atomic E-state index is 5.27. The predicted octanol–water partition coefficient (Wildman–Crippen LogP) is 4.65. The van der Waals surface area contributed by atoms with Gasteiger partial charge in [0.15, 0.2) is 0 Å². The van der Waals surface area contributed by atoms with E-state index in [0.717, 1.165) is 0 Å². The van der Waals surface area contributed by atoms with Crippen molar-refractivity contribution in [2.45, 2.75) is 31.1 Å². The fraction of sp³-hybridized carbons (Fsp3) is 0.500. The van der Waals surface area contributed by atoms with E-state index in [9.17, 15) is 0 Å². The zero-order valence-electron chi connectivity index (χ0n) is 9.39. The van der Waals surface area contributed by atoms with E-state index in [-0.39, 0.29) is 5.41 Å². The number of hydrogen-bond acceptors (Lipinski definition) is 1. The van der Waals surface area contributed by atoms with E-state index in [1.54, 1.807) is 4.94 Å². The van der Waals surface area contributed by atoms with Gasteiger partial charge in [-0.15, -0.1) is 0 Å². The molecule has 1 aromatic rings. The number of aromatic nitrogens is 1. The molecule has 0 aromatic carbocycles. The molecule has 0 atom stereocenters. The molecule has 0 radical (unpaired) electrons. The van der Waals surface area contributed by atoms with Gasteiger partial charge in [-0.2, -0.15) is 0 Å². The summed E-state index contributed by atoms with van der Waals surface area (Å²) >= 11 is -2.76. The van der Waals surface area contributed by atoms with E-state index in [0.29, 0.717) is 0 Å². The standard InChI is InChI=1S/C9H13N.CH3.3ClH.Sn/c1-9(2,3)8-4-6-10-7-5-8;;;;;/h4-7H,1-3H3;1H3;3*1H;/q;;;;;+3/p-3. The van der Waals surface area contributed by atoms with E-state index in [2.05, 4.69) is 37.9 Å². The van der Waals surface area contributed by atoms with E-state index in [1.807, 2.05) is 12.4 Å². The molecule has 0 amide bonds. The molecule has 0 unspecified atom stereocenters. The van der Waals surface area contributed by atoms with Crippen LogP contribution in [0.5, 0.6) is 0 Å². The van der Waals surface area contributed by atoms with Crippen molar-refractivity contribution in [3.05, 3.63) is 30.1 Å². The third-order valence-electron chi connectivity index (χ3n) is 1.55. The van der Waals surface area contributed by atoms with Crippen molar-refractivity contribution >= 4 is 41.8 Å². The number of hydrogen-bond donors (Lipinski definition) is 0. The summed E-state index contributed by atoms with van der Waals surface area (Å²) in [6.45, 7) is 6.59. The number of rotatable bonds is 0. The molecule has 0 spiro atoms. The molecule has 0 saturated carbocycles. The van der Waals surface area contributed by atoms with Gasteiger partial charge in [0.2, 0.25) is 0 Å². The van der Waals surface area contributed by atoms with Crippen molar-refractivity contribution in [1.29, 1.82) is 0 Å². The van der Waals surface area contributed by atoms with Crippen molar-refractivity contribution in [1.82, 2.24) is 4.98 Å². The first-order valence-electron chi connectivity index (χ1n) is 4.58. The molecule has 5 heteroatoms. The fourth-order valence-electron chi connectivity index (χ4n) is 0.852. The quantitative estimate of drug-likeness (QED) is 0.602. The first-order chi connectivity index (χ1) is 6.61. The van der Waals surface area contributed by atoms with Crippen molar-refractivity contribution in [2.75, 3.05) is 0 Å². The van der Waals surface area contributed by atoms with Gasteiger partial charge in [0.05, 0.1) is 0 Å². The summed E-state index contributed by atoms with van der Waals surface area (Å²) in [4.78, 5) is 5.65. The van der Waals surface area contributed by atoms with Crippen LogP contribution in [0, 0.1) is 0 Å². The van der Waals surface area contributed by atoms with Gasteiger partial charge >= 0.3 is 46.7 Å². The Kier molecular flexibility index (Phi) is 6.89. The van der Waals surface area contributed by atoms with Gasteiger partial charge in [0.1, 0.15) is 0 Å². The molecular formula is C10H16Cl3NSn. The zero-order valence-corrected chi connectivity index (χ0v) is 14.5. The van der Waals surface area contributed by atoms with Crippen molar-refractivity contribution < 1.29 is 0 Å². The monoisotopic (exact) mass is 375 g/mol. The average Bonchev–Trinajstić information content (AvgIpc) is 2.01. The summed E-state index contributed by atoms with van der Waals surface area (Å²) in [5, 5.41) is 0. The predicted molar refractivity (Wildman–Crippen MR) is 72.1 cm³/mol. The van der Waals surface area contributed by atoms with Crippen LogP contribution in [-0.4, -0.2) is 20.0 Å². The SMILES string of the molecule is CC(C)(C)c1ccncc1.[CH3][Sn]([Cl])([Cl])[Cl]. The van der Waals surface area contributed by atoms with Gasteiger partial charge in [-0.3, -0.25) is 4.98 Å². The second-order valence-corrected chi connectivity index (χ2v) is 27.8. The first kappa shape index (κ1) is 15.8. The summed E-state index contributed by atoms with van der Waals surface area (Å²) < 4.78 is 0. The second-order valence-electron chi connectivity index (χ2n) is 4.27. The van der Waals surface area contributed by atoms with Crippen LogP contribution in [0.4, 0.5) is 0 Å². The Morgan fingerprint density at radius 2 is 1.40 bits per heavy atom. The van der Waals surface area contributed by atoms with Crippen LogP contribution in [0.2, 0.25) is 4.94 Å². The summed E-state index contributed by atoms with van der Waals surface area (Å²) in [7, 11) is 15.8. The fourth-order valence-corrected chi connectivity index (χ4v) is 0.852. The normalized spacial score (nSPS) is 11.7. The van der Waals surface area contributed by atoms with Gasteiger partial charge in [0.25, 0.3) is 0 Å². The molecule has 86 valence electrons. The zero-order chi connectivity index (χ0) is 12.1. The van der Waals surface area contributed by atoms with Gasteiger partial charge in [-0.1, -0.05) is 20.8 Å². The minimum atomic E-state index is -2.76. The number of halogens is 3. The molecule has 0 aliphatic rings. The molecular weight excluding hydrogens is 359 g/mol. The Bertz CT molecular complexity index is 271. The van der Waals surface area contributed by atoms with Gasteiger partial charge in [0, 0.05) is 12.4 Å². The van der Waals surface area contributed by atoms with E-state index in [4.69, 9.17) is 26.8 Å². The number of pyridine rings is 1. The molecule has 0 saturated heterocycles. The van der Waals surface area contributed by atoms with Crippen LogP contribution in [-0.2, 0) is 5.41 Å². The van der Waals surface area contributed by atoms with Gasteiger partial charge in [-0.05, 0) is 23.1 Å². The molecule has 0 fully saturated rings. The van der Waals surface area contributed by atoms with Crippen LogP contribution in [0.3, 0.4) is 0 Å². The van der Waals surface area contributed by atoms with Crippen LogP contribution in [0.1, 0.15) is 26.3 Å². The molecule has 1 heterocycles. The van der Waals surface area contributed by atoms with Gasteiger partial charge < -0.3 is 0 Å². The molecule has 0 aliphatic heterocycles. The van der Waals surface area contributed by atoms with Crippen molar-refractivity contribution in [3.63, 3.8) is 0 Å². The summed E-state index contributed by atoms with van der Waals surface area (Å²) in [6, 6.07) is 4.11. The minimum absolute atomic E-state index is 0.253. The van der Waals surface area contributed by atoms with E-state index < -0.39 is 15.0 Å². The summed E-state index contributed by atoms with van der Waals surface area (Å²) in [5.41, 5.74) is 1.59. The third-order valence-corrected chi connectivity index (χ3v) is 1.55. The molecule has 15 heavy (non-hydrogen) atoms. The van der Waals surface area contributed by atoms with Crippen molar-refractivity contribution in [2.24, 2.45) is 0 Å². The van der Waals surface area contributed by atoms with Crippen LogP contribution < -0.4 is 0 Å². The Labute approximate surface area is 107 Å². The van der Waals surface area contributed by atoms with Gasteiger partial charge in [-0.25, -0.2) is 0 Å². The topological polar surface area (TPSA) is 12.9 Å². The average molecular weight is 375 g/mol. The van der Waals surface area contributed by atoms with E-state index >= 15 is 0 Å². The Morgan fingerprint density at radius 3 is 1.60 bits per heavy atom. The Balaban J connectivity index is 0.000000336. The first-order valence-corrected chi connectivity index (χ1v) is 18.3. The van der Waals surface area contributed by atoms with E-state index in [1.165, 1.54) is 5.56 Å². The second kappa shape index (κ2) is 6.53. The molecule has 0 bridgehead atoms. The molecule has 1 aromatic heterocycles. The molecule has 1 nitrogen and oxygen atoms in total. The summed E-state index contributed by atoms with van der Waals surface area (Å²) in [6.07, 6.45) is 3.67. The van der Waals surface area contributed by atoms with Crippen LogP contribution >= 0.6 is 26.8 Å². The molecule has 0 aliphatic carbocycles. The maximum absolute atomic E-state index is 5.27. The Morgan fingerprint density at radius 1 is 1.07 bits per heavy atom. The number of nitrogens with zero attached hydrogens (tertiary/aromatic N) is 1. The third kappa shape index (κ3) is 11.1. The van der Waals surface area contributed by atoms with Crippen molar-refractivity contribution in [3.8, 4) is 0 Å². The molecule has 1 rings (SSSR count).